The van der Waals surface area contributed by atoms with E-state index in [1.54, 1.807) is 42.7 Å². The Bertz CT molecular complexity index is 2070. The number of thiazole rings is 1. The number of nitro groups is 1. The number of rotatable bonds is 7. The van der Waals surface area contributed by atoms with Gasteiger partial charge in [-0.25, -0.2) is 9.79 Å². The van der Waals surface area contributed by atoms with Crippen LogP contribution in [0.1, 0.15) is 36.7 Å². The van der Waals surface area contributed by atoms with E-state index in [4.69, 9.17) is 4.74 Å². The molecule has 1 aliphatic heterocycles. The van der Waals surface area contributed by atoms with E-state index in [9.17, 15) is 19.7 Å². The van der Waals surface area contributed by atoms with E-state index in [1.807, 2.05) is 65.2 Å². The number of aromatic nitrogens is 2. The van der Waals surface area contributed by atoms with Crippen molar-refractivity contribution >= 4 is 40.0 Å². The fourth-order valence-corrected chi connectivity index (χ4v) is 6.43. The van der Waals surface area contributed by atoms with E-state index in [-0.39, 0.29) is 29.3 Å². The minimum Gasteiger partial charge on any atom is -0.463 e. The number of carbonyl (C=O) groups is 1. The third-order valence-corrected chi connectivity index (χ3v) is 8.25. The van der Waals surface area contributed by atoms with E-state index >= 15 is 0 Å². The Labute approximate surface area is 244 Å². The molecule has 5 aromatic rings. The van der Waals surface area contributed by atoms with Gasteiger partial charge in [0.15, 0.2) is 4.80 Å². The predicted molar refractivity (Wildman–Crippen MR) is 161 cm³/mol. The standard InChI is InChI=1S/C32H26N4O5S/c1-3-41-31(38)28-20(2)33-32-35(29(28)21-11-5-4-6-12-21)30(37)27(42-32)18-24-17-22-13-7-9-15-25(22)34(24)19-23-14-8-10-16-26(23)36(39)40/h4-18,29H,3,19H2,1-2H3. The largest absolute Gasteiger partial charge is 0.463 e. The van der Waals surface area contributed by atoms with Gasteiger partial charge in [-0.1, -0.05) is 78.1 Å². The highest BCUT2D eigenvalue weighted by molar-refractivity contribution is 7.07. The maximum absolute atomic E-state index is 14.1. The van der Waals surface area contributed by atoms with Gasteiger partial charge in [0.1, 0.15) is 0 Å². The molecular formula is C32H26N4O5S. The smallest absolute Gasteiger partial charge is 0.338 e. The van der Waals surface area contributed by atoms with Gasteiger partial charge in [-0.15, -0.1) is 0 Å². The minimum absolute atomic E-state index is 0.0328. The summed E-state index contributed by atoms with van der Waals surface area (Å²) in [5, 5.41) is 12.7. The zero-order valence-corrected chi connectivity index (χ0v) is 23.7. The number of allylic oxidation sites excluding steroid dienone is 1. The molecule has 0 fully saturated rings. The number of esters is 1. The Morgan fingerprint density at radius 2 is 1.79 bits per heavy atom. The van der Waals surface area contributed by atoms with Gasteiger partial charge in [-0.3, -0.25) is 19.5 Å². The molecule has 0 amide bonds. The van der Waals surface area contributed by atoms with Gasteiger partial charge in [0.2, 0.25) is 0 Å². The SMILES string of the molecule is CCOC(=O)C1=C(C)N=c2sc(=Cc3cc4ccccc4n3Cc3ccccc3[N+](=O)[O-])c(=O)n2C1c1ccccc1. The highest BCUT2D eigenvalue weighted by Gasteiger charge is 2.33. The van der Waals surface area contributed by atoms with E-state index < -0.39 is 12.0 Å². The van der Waals surface area contributed by atoms with Crippen molar-refractivity contribution in [2.45, 2.75) is 26.4 Å². The van der Waals surface area contributed by atoms with Gasteiger partial charge < -0.3 is 9.30 Å². The van der Waals surface area contributed by atoms with Crippen molar-refractivity contribution in [3.8, 4) is 0 Å². The second-order valence-corrected chi connectivity index (χ2v) is 10.8. The lowest BCUT2D eigenvalue weighted by Crippen LogP contribution is -2.40. The summed E-state index contributed by atoms with van der Waals surface area (Å²) in [5.74, 6) is -0.508. The Kier molecular flexibility index (Phi) is 7.13. The number of benzene rings is 3. The Morgan fingerprint density at radius 1 is 1.07 bits per heavy atom. The summed E-state index contributed by atoms with van der Waals surface area (Å²) in [5.41, 5.74) is 3.50. The van der Waals surface area contributed by atoms with Crippen LogP contribution in [0.2, 0.25) is 0 Å². The van der Waals surface area contributed by atoms with Crippen LogP contribution in [-0.2, 0) is 16.1 Å². The summed E-state index contributed by atoms with van der Waals surface area (Å²) < 4.78 is 9.32. The number of nitro benzene ring substituents is 1. The maximum atomic E-state index is 14.1. The molecule has 0 bridgehead atoms. The quantitative estimate of drug-likeness (QED) is 0.158. The zero-order valence-electron chi connectivity index (χ0n) is 22.9. The lowest BCUT2D eigenvalue weighted by Gasteiger charge is -2.24. The van der Waals surface area contributed by atoms with Crippen LogP contribution in [0.3, 0.4) is 0 Å². The monoisotopic (exact) mass is 578 g/mol. The van der Waals surface area contributed by atoms with Crippen molar-refractivity contribution in [3.63, 3.8) is 0 Å². The molecule has 42 heavy (non-hydrogen) atoms. The first-order chi connectivity index (χ1) is 20.4. The first-order valence-electron chi connectivity index (χ1n) is 13.4. The van der Waals surface area contributed by atoms with Crippen LogP contribution in [0, 0.1) is 10.1 Å². The zero-order chi connectivity index (χ0) is 29.4. The molecule has 0 spiro atoms. The van der Waals surface area contributed by atoms with Crippen molar-refractivity contribution < 1.29 is 14.5 Å². The fraction of sp³-hybridized carbons (Fsp3) is 0.156. The van der Waals surface area contributed by atoms with Crippen molar-refractivity contribution in [2.24, 2.45) is 4.99 Å². The number of carbonyl (C=O) groups excluding carboxylic acids is 1. The molecule has 0 aliphatic carbocycles. The van der Waals surface area contributed by atoms with Gasteiger partial charge in [0.25, 0.3) is 11.2 Å². The topological polar surface area (TPSA) is 109 Å². The first kappa shape index (κ1) is 27.1. The summed E-state index contributed by atoms with van der Waals surface area (Å²) >= 11 is 1.24. The van der Waals surface area contributed by atoms with E-state index in [0.29, 0.717) is 26.2 Å². The minimum atomic E-state index is -0.693. The highest BCUT2D eigenvalue weighted by Crippen LogP contribution is 2.31. The Morgan fingerprint density at radius 3 is 2.55 bits per heavy atom. The lowest BCUT2D eigenvalue weighted by atomic mass is 9.96. The van der Waals surface area contributed by atoms with Crippen molar-refractivity contribution in [1.29, 1.82) is 0 Å². The number of hydrogen-bond donors (Lipinski definition) is 0. The third kappa shape index (κ3) is 4.75. The molecule has 1 aliphatic rings. The fourth-order valence-electron chi connectivity index (χ4n) is 5.40. The average Bonchev–Trinajstić information content (AvgIpc) is 3.49. The number of nitrogens with zero attached hydrogens (tertiary/aromatic N) is 4. The summed E-state index contributed by atoms with van der Waals surface area (Å²) in [6.45, 7) is 3.94. The van der Waals surface area contributed by atoms with Crippen LogP contribution in [0.5, 0.6) is 0 Å². The van der Waals surface area contributed by atoms with E-state index in [2.05, 4.69) is 4.99 Å². The molecule has 3 aromatic carbocycles. The molecule has 1 atom stereocenters. The van der Waals surface area contributed by atoms with E-state index in [0.717, 1.165) is 22.2 Å². The third-order valence-electron chi connectivity index (χ3n) is 7.27. The molecule has 3 heterocycles. The number of hydrogen-bond acceptors (Lipinski definition) is 7. The lowest BCUT2D eigenvalue weighted by molar-refractivity contribution is -0.385. The molecule has 0 saturated heterocycles. The number of fused-ring (bicyclic) bond motifs is 2. The molecule has 9 nitrogen and oxygen atoms in total. The number of ether oxygens (including phenoxy) is 1. The second kappa shape index (κ2) is 11.1. The van der Waals surface area contributed by atoms with Crippen LogP contribution in [-0.4, -0.2) is 26.6 Å². The van der Waals surface area contributed by atoms with Crippen LogP contribution >= 0.6 is 11.3 Å². The molecule has 2 aromatic heterocycles. The second-order valence-electron chi connectivity index (χ2n) is 9.81. The van der Waals surface area contributed by atoms with Crippen LogP contribution in [0.25, 0.3) is 17.0 Å². The van der Waals surface area contributed by atoms with Crippen molar-refractivity contribution in [1.82, 2.24) is 9.13 Å². The normalized spacial score (nSPS) is 15.0. The van der Waals surface area contributed by atoms with E-state index in [1.165, 1.54) is 17.4 Å². The molecule has 0 saturated carbocycles. The molecule has 210 valence electrons. The molecular weight excluding hydrogens is 552 g/mol. The van der Waals surface area contributed by atoms with Crippen LogP contribution < -0.4 is 14.9 Å². The summed E-state index contributed by atoms with van der Waals surface area (Å²) in [6, 6.07) is 25.1. The van der Waals surface area contributed by atoms with Gasteiger partial charge in [0, 0.05) is 28.2 Å². The summed E-state index contributed by atoms with van der Waals surface area (Å²) in [6.07, 6.45) is 1.80. The first-order valence-corrected chi connectivity index (χ1v) is 14.2. The molecule has 6 rings (SSSR count). The van der Waals surface area contributed by atoms with Gasteiger partial charge >= 0.3 is 5.97 Å². The Balaban J connectivity index is 1.55. The molecule has 0 N–H and O–H groups in total. The van der Waals surface area contributed by atoms with Crippen LogP contribution in [0.15, 0.2) is 106 Å². The summed E-state index contributed by atoms with van der Waals surface area (Å²) in [7, 11) is 0. The summed E-state index contributed by atoms with van der Waals surface area (Å²) in [4.78, 5) is 43.6. The highest BCUT2D eigenvalue weighted by atomic mass is 32.1. The van der Waals surface area contributed by atoms with Gasteiger partial charge in [-0.2, -0.15) is 0 Å². The van der Waals surface area contributed by atoms with Gasteiger partial charge in [0.05, 0.1) is 39.9 Å². The Hall–Kier alpha value is -5.09. The molecule has 0 radical (unpaired) electrons. The van der Waals surface area contributed by atoms with Gasteiger partial charge in [-0.05, 0) is 37.6 Å². The van der Waals surface area contributed by atoms with Crippen molar-refractivity contribution in [3.05, 3.63) is 143 Å². The maximum Gasteiger partial charge on any atom is 0.338 e. The molecule has 10 heteroatoms. The average molecular weight is 579 g/mol. The predicted octanol–water partition coefficient (Wildman–Crippen LogP) is 4.71. The molecule has 1 unspecified atom stereocenters. The van der Waals surface area contributed by atoms with Crippen LogP contribution in [0.4, 0.5) is 5.69 Å². The number of para-hydroxylation sites is 2. The van der Waals surface area contributed by atoms with Crippen molar-refractivity contribution in [2.75, 3.05) is 6.61 Å².